The summed E-state index contributed by atoms with van der Waals surface area (Å²) in [5.74, 6) is 0.546. The van der Waals surface area contributed by atoms with Gasteiger partial charge in [-0.05, 0) is 48.4 Å². The van der Waals surface area contributed by atoms with Crippen LogP contribution in [0.15, 0.2) is 48.5 Å². The first-order valence-electron chi connectivity index (χ1n) is 7.11. The number of carbonyl (C=O) groups is 1. The van der Waals surface area contributed by atoms with Crippen molar-refractivity contribution in [1.29, 1.82) is 0 Å². The Kier molecular flexibility index (Phi) is 4.17. The second-order valence-electron chi connectivity index (χ2n) is 5.06. The second-order valence-corrected chi connectivity index (χ2v) is 5.06. The summed E-state index contributed by atoms with van der Waals surface area (Å²) in [4.78, 5) is 11.9. The van der Waals surface area contributed by atoms with Crippen LogP contribution in [0, 0.1) is 0 Å². The van der Waals surface area contributed by atoms with Crippen LogP contribution in [0.5, 0.6) is 5.75 Å². The van der Waals surface area contributed by atoms with Gasteiger partial charge in [-0.25, -0.2) is 0 Å². The van der Waals surface area contributed by atoms with E-state index in [9.17, 15) is 4.79 Å². The van der Waals surface area contributed by atoms with Crippen molar-refractivity contribution in [2.45, 2.75) is 13.0 Å². The van der Waals surface area contributed by atoms with Crippen LogP contribution in [0.3, 0.4) is 0 Å². The summed E-state index contributed by atoms with van der Waals surface area (Å²) < 4.78 is 5.43. The number of para-hydroxylation sites is 1. The zero-order valence-electron chi connectivity index (χ0n) is 11.8. The molecule has 0 saturated carbocycles. The average Bonchev–Trinajstić information content (AvgIpc) is 2.54. The van der Waals surface area contributed by atoms with Gasteiger partial charge in [0.2, 0.25) is 0 Å². The topological polar surface area (TPSA) is 50.4 Å². The Morgan fingerprint density at radius 2 is 2.00 bits per heavy atom. The minimum atomic E-state index is -0.150. The SMILES string of the molecule is O=C(COc1ccccc1)Nc1ccc2c(c1)CNCC2. The van der Waals surface area contributed by atoms with Gasteiger partial charge in [0.15, 0.2) is 6.61 Å². The molecular weight excluding hydrogens is 264 g/mol. The van der Waals surface area contributed by atoms with E-state index in [0.717, 1.165) is 25.2 Å². The lowest BCUT2D eigenvalue weighted by atomic mass is 10.0. The van der Waals surface area contributed by atoms with E-state index in [1.165, 1.54) is 11.1 Å². The summed E-state index contributed by atoms with van der Waals surface area (Å²) in [5.41, 5.74) is 3.43. The van der Waals surface area contributed by atoms with Gasteiger partial charge in [0.05, 0.1) is 0 Å². The first kappa shape index (κ1) is 13.6. The number of ether oxygens (including phenoxy) is 1. The third-order valence-electron chi connectivity index (χ3n) is 3.49. The van der Waals surface area contributed by atoms with Crippen LogP contribution in [-0.4, -0.2) is 19.1 Å². The lowest BCUT2D eigenvalue weighted by Gasteiger charge is -2.18. The van der Waals surface area contributed by atoms with E-state index >= 15 is 0 Å². The van der Waals surface area contributed by atoms with Crippen molar-refractivity contribution >= 4 is 11.6 Å². The molecule has 2 aromatic carbocycles. The molecule has 1 aliphatic rings. The molecule has 108 valence electrons. The predicted octanol–water partition coefficient (Wildman–Crippen LogP) is 2.35. The third kappa shape index (κ3) is 3.61. The highest BCUT2D eigenvalue weighted by atomic mass is 16.5. The Hall–Kier alpha value is -2.33. The van der Waals surface area contributed by atoms with Crippen LogP contribution < -0.4 is 15.4 Å². The number of carbonyl (C=O) groups excluding carboxylic acids is 1. The summed E-state index contributed by atoms with van der Waals surface area (Å²) in [7, 11) is 0. The van der Waals surface area contributed by atoms with E-state index in [1.807, 2.05) is 42.5 Å². The Morgan fingerprint density at radius 1 is 1.14 bits per heavy atom. The highest BCUT2D eigenvalue weighted by molar-refractivity contribution is 5.92. The number of nitrogens with one attached hydrogen (secondary N) is 2. The number of amides is 1. The number of rotatable bonds is 4. The summed E-state index contributed by atoms with van der Waals surface area (Å²) in [6.07, 6.45) is 1.04. The summed E-state index contributed by atoms with van der Waals surface area (Å²) in [5, 5.41) is 6.20. The maximum absolute atomic E-state index is 11.9. The standard InChI is InChI=1S/C17H18N2O2/c20-17(12-21-16-4-2-1-3-5-16)19-15-7-6-13-8-9-18-11-14(13)10-15/h1-7,10,18H,8-9,11-12H2,(H,19,20). The Labute approximate surface area is 124 Å². The molecule has 0 unspecified atom stereocenters. The van der Waals surface area contributed by atoms with Crippen molar-refractivity contribution in [2.24, 2.45) is 0 Å². The molecule has 0 fully saturated rings. The molecule has 4 nitrogen and oxygen atoms in total. The molecule has 21 heavy (non-hydrogen) atoms. The molecule has 0 spiro atoms. The van der Waals surface area contributed by atoms with Gasteiger partial charge in [0.25, 0.3) is 5.91 Å². The molecule has 0 radical (unpaired) electrons. The monoisotopic (exact) mass is 282 g/mol. The fourth-order valence-corrected chi connectivity index (χ4v) is 2.42. The molecule has 2 N–H and O–H groups in total. The van der Waals surface area contributed by atoms with Crippen molar-refractivity contribution in [3.05, 3.63) is 59.7 Å². The molecule has 1 heterocycles. The number of hydrogen-bond donors (Lipinski definition) is 2. The zero-order chi connectivity index (χ0) is 14.5. The number of anilines is 1. The molecule has 2 aromatic rings. The van der Waals surface area contributed by atoms with Crippen molar-refractivity contribution in [3.63, 3.8) is 0 Å². The van der Waals surface area contributed by atoms with Gasteiger partial charge in [-0.3, -0.25) is 4.79 Å². The van der Waals surface area contributed by atoms with E-state index < -0.39 is 0 Å². The third-order valence-corrected chi connectivity index (χ3v) is 3.49. The van der Waals surface area contributed by atoms with Gasteiger partial charge in [0.1, 0.15) is 5.75 Å². The molecule has 0 aromatic heterocycles. The second kappa shape index (κ2) is 6.41. The molecule has 4 heteroatoms. The molecule has 0 aliphatic carbocycles. The average molecular weight is 282 g/mol. The first-order chi connectivity index (χ1) is 10.3. The first-order valence-corrected chi connectivity index (χ1v) is 7.11. The van der Waals surface area contributed by atoms with Crippen molar-refractivity contribution < 1.29 is 9.53 Å². The van der Waals surface area contributed by atoms with Crippen LogP contribution in [0.1, 0.15) is 11.1 Å². The van der Waals surface area contributed by atoms with Crippen molar-refractivity contribution in [3.8, 4) is 5.75 Å². The lowest BCUT2D eigenvalue weighted by Crippen LogP contribution is -2.24. The molecule has 0 saturated heterocycles. The zero-order valence-corrected chi connectivity index (χ0v) is 11.8. The molecule has 1 amide bonds. The fraction of sp³-hybridized carbons (Fsp3) is 0.235. The van der Waals surface area contributed by atoms with Gasteiger partial charge in [-0.1, -0.05) is 24.3 Å². The minimum absolute atomic E-state index is 0.0132. The highest BCUT2D eigenvalue weighted by Crippen LogP contribution is 2.19. The van der Waals surface area contributed by atoms with Crippen LogP contribution in [-0.2, 0) is 17.8 Å². The largest absolute Gasteiger partial charge is 0.484 e. The molecular formula is C17H18N2O2. The van der Waals surface area contributed by atoms with E-state index in [2.05, 4.69) is 16.7 Å². The van der Waals surface area contributed by atoms with E-state index in [1.54, 1.807) is 0 Å². The minimum Gasteiger partial charge on any atom is -0.484 e. The lowest BCUT2D eigenvalue weighted by molar-refractivity contribution is -0.118. The number of benzene rings is 2. The maximum Gasteiger partial charge on any atom is 0.262 e. The van der Waals surface area contributed by atoms with Crippen molar-refractivity contribution in [2.75, 3.05) is 18.5 Å². The summed E-state index contributed by atoms with van der Waals surface area (Å²) >= 11 is 0. The Bertz CT molecular complexity index is 626. The van der Waals surface area contributed by atoms with E-state index in [-0.39, 0.29) is 12.5 Å². The normalized spacial score (nSPS) is 13.3. The number of fused-ring (bicyclic) bond motifs is 1. The Morgan fingerprint density at radius 3 is 2.86 bits per heavy atom. The number of hydrogen-bond acceptors (Lipinski definition) is 3. The summed E-state index contributed by atoms with van der Waals surface area (Å²) in [6, 6.07) is 15.4. The van der Waals surface area contributed by atoms with Crippen LogP contribution >= 0.6 is 0 Å². The van der Waals surface area contributed by atoms with Crippen LogP contribution in [0.25, 0.3) is 0 Å². The van der Waals surface area contributed by atoms with Gasteiger partial charge in [-0.2, -0.15) is 0 Å². The quantitative estimate of drug-likeness (QED) is 0.905. The van der Waals surface area contributed by atoms with Gasteiger partial charge in [-0.15, -0.1) is 0 Å². The van der Waals surface area contributed by atoms with Crippen LogP contribution in [0.2, 0.25) is 0 Å². The van der Waals surface area contributed by atoms with Gasteiger partial charge < -0.3 is 15.4 Å². The van der Waals surface area contributed by atoms with E-state index in [0.29, 0.717) is 5.75 Å². The smallest absolute Gasteiger partial charge is 0.262 e. The van der Waals surface area contributed by atoms with E-state index in [4.69, 9.17) is 4.74 Å². The van der Waals surface area contributed by atoms with Crippen LogP contribution in [0.4, 0.5) is 5.69 Å². The summed E-state index contributed by atoms with van der Waals surface area (Å²) in [6.45, 7) is 1.89. The molecule has 0 atom stereocenters. The molecule has 0 bridgehead atoms. The van der Waals surface area contributed by atoms with Gasteiger partial charge >= 0.3 is 0 Å². The van der Waals surface area contributed by atoms with Crippen molar-refractivity contribution in [1.82, 2.24) is 5.32 Å². The highest BCUT2D eigenvalue weighted by Gasteiger charge is 2.10. The fourth-order valence-electron chi connectivity index (χ4n) is 2.42. The predicted molar refractivity (Wildman–Crippen MR) is 82.4 cm³/mol. The molecule has 1 aliphatic heterocycles. The maximum atomic E-state index is 11.9. The van der Waals surface area contributed by atoms with Gasteiger partial charge in [0, 0.05) is 12.2 Å². The Balaban J connectivity index is 1.57. The molecule has 3 rings (SSSR count).